The number of nitrogens with zero attached hydrogens (tertiary/aromatic N) is 2. The molecule has 0 radical (unpaired) electrons. The fraction of sp³-hybridized carbons (Fsp3) is 0.529. The van der Waals surface area contributed by atoms with E-state index in [0.29, 0.717) is 12.2 Å². The maximum Gasteiger partial charge on any atom is 0.258 e. The van der Waals surface area contributed by atoms with Crippen LogP contribution in [0.1, 0.15) is 44.2 Å². The summed E-state index contributed by atoms with van der Waals surface area (Å²) < 4.78 is 1.57. The molecule has 1 aliphatic rings. The predicted molar refractivity (Wildman–Crippen MR) is 84.4 cm³/mol. The zero-order chi connectivity index (χ0) is 14.5. The molecule has 1 N–H and O–H groups in total. The van der Waals surface area contributed by atoms with E-state index >= 15 is 0 Å². The van der Waals surface area contributed by atoms with Crippen molar-refractivity contribution in [2.24, 2.45) is 5.92 Å². The molecule has 1 aliphatic carbocycles. The summed E-state index contributed by atoms with van der Waals surface area (Å²) in [7, 11) is 0. The van der Waals surface area contributed by atoms with Gasteiger partial charge in [0.15, 0.2) is 0 Å². The number of hydrogen-bond acceptors (Lipinski definition) is 3. The number of rotatable bonds is 5. The lowest BCUT2D eigenvalue weighted by Crippen LogP contribution is -2.22. The molecule has 1 fully saturated rings. The Labute approximate surface area is 125 Å². The van der Waals surface area contributed by atoms with Gasteiger partial charge in [-0.25, -0.2) is 4.98 Å². The Hall–Kier alpha value is -1.68. The normalized spacial score (nSPS) is 16.4. The largest absolute Gasteiger partial charge is 0.311 e. The van der Waals surface area contributed by atoms with Crippen molar-refractivity contribution in [2.75, 3.05) is 6.54 Å². The van der Waals surface area contributed by atoms with Crippen molar-refractivity contribution < 1.29 is 0 Å². The highest BCUT2D eigenvalue weighted by molar-refractivity contribution is 5.37. The van der Waals surface area contributed by atoms with Gasteiger partial charge in [0.1, 0.15) is 5.65 Å². The van der Waals surface area contributed by atoms with Crippen molar-refractivity contribution in [1.82, 2.24) is 14.7 Å². The Bertz CT molecular complexity index is 644. The van der Waals surface area contributed by atoms with Crippen molar-refractivity contribution in [3.05, 3.63) is 46.5 Å². The van der Waals surface area contributed by atoms with Gasteiger partial charge in [-0.1, -0.05) is 38.2 Å². The van der Waals surface area contributed by atoms with Gasteiger partial charge in [0, 0.05) is 18.8 Å². The predicted octanol–water partition coefficient (Wildman–Crippen LogP) is 2.75. The second-order valence-electron chi connectivity index (χ2n) is 5.98. The minimum Gasteiger partial charge on any atom is -0.311 e. The molecule has 0 spiro atoms. The van der Waals surface area contributed by atoms with E-state index in [9.17, 15) is 4.79 Å². The van der Waals surface area contributed by atoms with Crippen molar-refractivity contribution in [3.8, 4) is 0 Å². The zero-order valence-electron chi connectivity index (χ0n) is 12.4. The van der Waals surface area contributed by atoms with Crippen LogP contribution in [0.3, 0.4) is 0 Å². The standard InChI is InChI=1S/C17H23N3O/c21-17-12-15(19-16-8-4-5-11-20(16)17)13-18-10-9-14-6-2-1-3-7-14/h4-5,8,11-12,14,18H,1-3,6-7,9-10,13H2. The van der Waals surface area contributed by atoms with Crippen molar-refractivity contribution in [1.29, 1.82) is 0 Å². The number of aromatic nitrogens is 2. The monoisotopic (exact) mass is 285 g/mol. The first-order valence-corrected chi connectivity index (χ1v) is 8.01. The molecule has 0 bridgehead atoms. The van der Waals surface area contributed by atoms with Crippen LogP contribution in [-0.4, -0.2) is 15.9 Å². The van der Waals surface area contributed by atoms with E-state index in [1.807, 2.05) is 18.2 Å². The van der Waals surface area contributed by atoms with E-state index in [1.165, 1.54) is 38.5 Å². The van der Waals surface area contributed by atoms with Crippen LogP contribution < -0.4 is 10.9 Å². The number of pyridine rings is 1. The number of nitrogens with one attached hydrogen (secondary N) is 1. The molecule has 4 nitrogen and oxygen atoms in total. The van der Waals surface area contributed by atoms with Crippen LogP contribution in [-0.2, 0) is 6.54 Å². The van der Waals surface area contributed by atoms with Gasteiger partial charge in [0.25, 0.3) is 5.56 Å². The van der Waals surface area contributed by atoms with Gasteiger partial charge in [-0.15, -0.1) is 0 Å². The molecule has 1 saturated carbocycles. The molecule has 0 aliphatic heterocycles. The van der Waals surface area contributed by atoms with Crippen molar-refractivity contribution >= 4 is 5.65 Å². The van der Waals surface area contributed by atoms with Crippen LogP contribution in [0.25, 0.3) is 5.65 Å². The fourth-order valence-electron chi connectivity index (χ4n) is 3.19. The van der Waals surface area contributed by atoms with Gasteiger partial charge >= 0.3 is 0 Å². The van der Waals surface area contributed by atoms with Crippen molar-refractivity contribution in [2.45, 2.75) is 45.1 Å². The zero-order valence-corrected chi connectivity index (χ0v) is 12.4. The lowest BCUT2D eigenvalue weighted by molar-refractivity contribution is 0.333. The SMILES string of the molecule is O=c1cc(CNCCC2CCCCC2)nc2ccccn12. The van der Waals surface area contributed by atoms with E-state index in [2.05, 4.69) is 10.3 Å². The molecule has 0 aromatic carbocycles. The summed E-state index contributed by atoms with van der Waals surface area (Å²) >= 11 is 0. The molecule has 112 valence electrons. The highest BCUT2D eigenvalue weighted by atomic mass is 16.1. The molecular formula is C17H23N3O. The van der Waals surface area contributed by atoms with Crippen LogP contribution >= 0.6 is 0 Å². The van der Waals surface area contributed by atoms with Crippen LogP contribution in [0, 0.1) is 5.92 Å². The van der Waals surface area contributed by atoms with Gasteiger partial charge in [-0.3, -0.25) is 9.20 Å². The van der Waals surface area contributed by atoms with E-state index in [-0.39, 0.29) is 5.56 Å². The molecule has 0 saturated heterocycles. The Morgan fingerprint density at radius 1 is 1.24 bits per heavy atom. The Balaban J connectivity index is 1.54. The van der Waals surface area contributed by atoms with E-state index in [1.54, 1.807) is 16.7 Å². The summed E-state index contributed by atoms with van der Waals surface area (Å²) in [5.41, 5.74) is 1.54. The second kappa shape index (κ2) is 6.85. The van der Waals surface area contributed by atoms with E-state index in [4.69, 9.17) is 0 Å². The molecule has 4 heteroatoms. The van der Waals surface area contributed by atoms with Gasteiger partial charge in [-0.2, -0.15) is 0 Å². The number of fused-ring (bicyclic) bond motifs is 1. The summed E-state index contributed by atoms with van der Waals surface area (Å²) in [5, 5.41) is 3.43. The molecule has 2 heterocycles. The molecule has 2 aromatic rings. The summed E-state index contributed by atoms with van der Waals surface area (Å²) in [6, 6.07) is 7.24. The van der Waals surface area contributed by atoms with Crippen LogP contribution in [0.5, 0.6) is 0 Å². The average molecular weight is 285 g/mol. The lowest BCUT2D eigenvalue weighted by atomic mass is 9.87. The van der Waals surface area contributed by atoms with E-state index in [0.717, 1.165) is 18.2 Å². The highest BCUT2D eigenvalue weighted by Gasteiger charge is 2.12. The Morgan fingerprint density at radius 3 is 2.95 bits per heavy atom. The second-order valence-corrected chi connectivity index (χ2v) is 5.98. The van der Waals surface area contributed by atoms with E-state index < -0.39 is 0 Å². The van der Waals surface area contributed by atoms with Crippen LogP contribution in [0.15, 0.2) is 35.3 Å². The molecule has 0 unspecified atom stereocenters. The van der Waals surface area contributed by atoms with Crippen LogP contribution in [0.2, 0.25) is 0 Å². The average Bonchev–Trinajstić information content (AvgIpc) is 2.53. The van der Waals surface area contributed by atoms with Gasteiger partial charge < -0.3 is 5.32 Å². The minimum absolute atomic E-state index is 0.00956. The van der Waals surface area contributed by atoms with Gasteiger partial charge in [0.2, 0.25) is 0 Å². The molecule has 2 aromatic heterocycles. The molecule has 3 rings (SSSR count). The first-order chi connectivity index (χ1) is 10.3. The first kappa shape index (κ1) is 14.3. The quantitative estimate of drug-likeness (QED) is 0.859. The third-order valence-corrected chi connectivity index (χ3v) is 4.38. The van der Waals surface area contributed by atoms with Gasteiger partial charge in [-0.05, 0) is 31.0 Å². The smallest absolute Gasteiger partial charge is 0.258 e. The maximum atomic E-state index is 12.0. The molecular weight excluding hydrogens is 262 g/mol. The third kappa shape index (κ3) is 3.70. The molecule has 0 atom stereocenters. The summed E-state index contributed by atoms with van der Waals surface area (Å²) in [5.74, 6) is 0.890. The summed E-state index contributed by atoms with van der Waals surface area (Å²) in [6.45, 7) is 1.69. The Kier molecular flexibility index (Phi) is 4.65. The number of hydrogen-bond donors (Lipinski definition) is 1. The first-order valence-electron chi connectivity index (χ1n) is 8.01. The summed E-state index contributed by atoms with van der Waals surface area (Å²) in [4.78, 5) is 16.5. The maximum absolute atomic E-state index is 12.0. The van der Waals surface area contributed by atoms with Gasteiger partial charge in [0.05, 0.1) is 5.69 Å². The van der Waals surface area contributed by atoms with Crippen LogP contribution in [0.4, 0.5) is 0 Å². The third-order valence-electron chi connectivity index (χ3n) is 4.38. The lowest BCUT2D eigenvalue weighted by Gasteiger charge is -2.21. The Morgan fingerprint density at radius 2 is 2.10 bits per heavy atom. The fourth-order valence-corrected chi connectivity index (χ4v) is 3.19. The molecule has 0 amide bonds. The minimum atomic E-state index is -0.00956. The van der Waals surface area contributed by atoms with Crippen molar-refractivity contribution in [3.63, 3.8) is 0 Å². The summed E-state index contributed by atoms with van der Waals surface area (Å²) in [6.07, 6.45) is 9.97. The molecule has 21 heavy (non-hydrogen) atoms. The topological polar surface area (TPSA) is 46.4 Å². The highest BCUT2D eigenvalue weighted by Crippen LogP contribution is 2.25.